The Morgan fingerprint density at radius 1 is 0.737 bits per heavy atom. The van der Waals surface area contributed by atoms with Gasteiger partial charge in [-0.15, -0.1) is 38.2 Å². The first-order chi connectivity index (χ1) is 46.7. The van der Waals surface area contributed by atoms with E-state index in [1.165, 1.54) is 23.0 Å². The van der Waals surface area contributed by atoms with E-state index in [-0.39, 0.29) is 57.9 Å². The number of aromatic hydroxyl groups is 2. The average Bonchev–Trinajstić information content (AvgIpc) is 1.36. The van der Waals surface area contributed by atoms with Crippen molar-refractivity contribution in [1.82, 2.24) is 54.3 Å². The number of hydrazine groups is 1. The average molecular weight is 1500 g/mol. The number of sulfonamides is 1. The fraction of sp³-hybridized carbons (Fsp3) is 0.242. The first kappa shape index (κ1) is 73.5. The Morgan fingerprint density at radius 2 is 1.38 bits per heavy atom. The molecule has 4 unspecified atom stereocenters. The van der Waals surface area contributed by atoms with Gasteiger partial charge in [0.1, 0.15) is 23.6 Å². The van der Waals surface area contributed by atoms with Crippen LogP contribution in [0, 0.1) is 19.8 Å². The predicted octanol–water partition coefficient (Wildman–Crippen LogP) is 6.11. The minimum Gasteiger partial charge on any atom is -0.507 e. The van der Waals surface area contributed by atoms with E-state index in [1.54, 1.807) is 59.0 Å². The Bertz CT molecular complexity index is 5520. The molecule has 5 atom stereocenters. The number of carboxylic acids is 1. The maximum atomic E-state index is 12.9. The molecule has 13 rings (SSSR count). The van der Waals surface area contributed by atoms with Crippen LogP contribution < -0.4 is 64.6 Å². The molecule has 0 radical (unpaired) electrons. The van der Waals surface area contributed by atoms with Crippen LogP contribution in [0.4, 0.5) is 10.5 Å². The predicted molar refractivity (Wildman–Crippen MR) is 372 cm³/mol. The molecule has 10 aromatic rings. The fourth-order valence-electron chi connectivity index (χ4n) is 11.1. The van der Waals surface area contributed by atoms with Gasteiger partial charge in [0.2, 0.25) is 32.4 Å². The van der Waals surface area contributed by atoms with Gasteiger partial charge in [-0.1, -0.05) is 58.5 Å². The Labute approximate surface area is 585 Å². The summed E-state index contributed by atoms with van der Waals surface area (Å²) in [5.74, 6) is -2.99. The zero-order valence-electron chi connectivity index (χ0n) is 51.5. The van der Waals surface area contributed by atoms with Gasteiger partial charge in [-0.05, 0) is 122 Å². The minimum atomic E-state index is -3.72. The maximum Gasteiger partial charge on any atom is 0.341 e. The number of H-pyrrole nitrogens is 4. The van der Waals surface area contributed by atoms with Crippen molar-refractivity contribution < 1.29 is 47.7 Å². The highest BCUT2D eigenvalue weighted by atomic mass is 35.5. The van der Waals surface area contributed by atoms with Crippen molar-refractivity contribution in [2.75, 3.05) is 18.2 Å². The molecule has 5 aromatic heterocycles. The number of aromatic amines is 4. The number of alkyl halides is 2. The van der Waals surface area contributed by atoms with Gasteiger partial charge in [0.05, 0.1) is 71.8 Å². The number of carbonyl (C=O) groups excluding carboxylic acids is 3. The summed E-state index contributed by atoms with van der Waals surface area (Å²) >= 11 is 35.7. The molecule has 1 saturated heterocycles. The van der Waals surface area contributed by atoms with Crippen molar-refractivity contribution in [3.63, 3.8) is 0 Å². The molecule has 1 aliphatic carbocycles. The zero-order valence-corrected chi connectivity index (χ0v) is 56.9. The number of nitrogens with two attached hydrogens (primary N) is 1. The van der Waals surface area contributed by atoms with Crippen LogP contribution in [0.15, 0.2) is 125 Å². The van der Waals surface area contributed by atoms with E-state index in [2.05, 4.69) is 40.8 Å². The number of anilines is 1. The first-order valence-electron chi connectivity index (χ1n) is 29.2. The molecule has 7 heterocycles. The number of fused-ring (bicyclic) bond motifs is 6. The second kappa shape index (κ2) is 30.6. The van der Waals surface area contributed by atoms with Gasteiger partial charge in [-0.3, -0.25) is 52.1 Å². The van der Waals surface area contributed by atoms with E-state index >= 15 is 0 Å². The molecule has 99 heavy (non-hydrogen) atoms. The SMILES string of the molecule is CS(=O)(=O)NN1C(=O)NC2CC(Cl)C(Cl)CC2C1=O.Cc1cc(C)c2c(O)cc(=O)c(=O)[nH]c2c1.NCc1ccc(NC(=O)C[C@@H]2CCc3cc(Cl)cc4[nH]c(=O)c(=O)n2c34)c(OCC(=O)O)c1.O=c1[nH]c2cc(Cl)c(Cl)cc2n2cnnc12.O=c1cc(O)c2ccc(Cl)cc2[nH]c1=O. The standard InChI is InChI=1S/C22H21ClN4O6.C12H11NO3.C10H6ClNO3.C9H4Cl2N4O.C9H13Cl2N3O4S/c23-13-6-12-2-3-14(27-20(12)16(7-13)26-21(31)22(27)32)8-18(28)25-15-4-1-11(9-24)5-17(15)33-10-19(29)30;1-6-3-7(2)11-8(4-6)13-12(16)10(15)5-9(11)14;11-5-1-2-6-7(3-5)12-10(15)9(14)4-8(6)13;10-4-1-6-7(2-5(4)11)15-3-12-14-8(15)9(16)13-6;1-19(17,18)13-14-8(15)4-2-5(10)6(11)3-7(4)12-9(14)16/h1,4-7,14H,2-3,8-10,24H2,(H,25,28)(H,26,31)(H,29,30);3-5,14H,1-2H3,(H,13,15,16);1-4,13H,(H,12,14,15);1-3H,(H,13,16);4-7,13H,2-3H2,1H3,(H,12,16)/t14-;;;;/m0..../s1. The number of aromatic nitrogens is 8. The van der Waals surface area contributed by atoms with Gasteiger partial charge >= 0.3 is 23.1 Å². The zero-order chi connectivity index (χ0) is 72.2. The summed E-state index contributed by atoms with van der Waals surface area (Å²) in [6.07, 6.45) is 3.97. The largest absolute Gasteiger partial charge is 0.507 e. The number of rotatable bonds is 9. The van der Waals surface area contributed by atoms with Crippen LogP contribution in [0.5, 0.6) is 17.2 Å². The molecule has 2 aliphatic heterocycles. The molecule has 2 fully saturated rings. The lowest BCUT2D eigenvalue weighted by Gasteiger charge is -2.42. The lowest BCUT2D eigenvalue weighted by atomic mass is 9.82. The number of carboxylic acid groups (broad SMARTS) is 1. The van der Waals surface area contributed by atoms with Gasteiger partial charge in [0.25, 0.3) is 22.6 Å². The summed E-state index contributed by atoms with van der Waals surface area (Å²) in [4.78, 5) is 141. The monoisotopic (exact) mass is 1500 g/mol. The highest BCUT2D eigenvalue weighted by molar-refractivity contribution is 7.88. The number of benzene rings is 5. The van der Waals surface area contributed by atoms with Gasteiger partial charge < -0.3 is 56.4 Å². The second-order valence-corrected chi connectivity index (χ2v) is 27.1. The molecule has 3 aliphatic rings. The molecule has 0 spiro atoms. The molecule has 30 nitrogen and oxygen atoms in total. The number of nitrogens with one attached hydrogen (secondary N) is 7. The molecular formula is C62H55Cl6N13O17S. The van der Waals surface area contributed by atoms with Crippen molar-refractivity contribution in [3.05, 3.63) is 206 Å². The molecule has 1 saturated carbocycles. The number of halogens is 6. The number of aliphatic carboxylic acids is 1. The summed E-state index contributed by atoms with van der Waals surface area (Å²) in [6, 6.07) is 19.7. The number of hydrogen-bond acceptors (Lipinski definition) is 19. The summed E-state index contributed by atoms with van der Waals surface area (Å²) in [6.45, 7) is 3.33. The van der Waals surface area contributed by atoms with E-state index in [4.69, 9.17) is 85.2 Å². The summed E-state index contributed by atoms with van der Waals surface area (Å²) in [7, 11) is -3.72. The summed E-state index contributed by atoms with van der Waals surface area (Å²) in [5.41, 5.74) is 7.65. The van der Waals surface area contributed by atoms with Crippen molar-refractivity contribution in [3.8, 4) is 17.2 Å². The number of ether oxygens (including phenoxy) is 1. The van der Waals surface area contributed by atoms with Crippen LogP contribution in [0.1, 0.15) is 54.0 Å². The van der Waals surface area contributed by atoms with Crippen LogP contribution in [0.3, 0.4) is 0 Å². The number of urea groups is 1. The van der Waals surface area contributed by atoms with Crippen LogP contribution >= 0.6 is 69.6 Å². The number of aryl methyl sites for hydroxylation is 3. The van der Waals surface area contributed by atoms with Crippen molar-refractivity contribution in [2.45, 2.75) is 75.3 Å². The van der Waals surface area contributed by atoms with E-state index < -0.39 is 91.5 Å². The number of hydrogen-bond donors (Lipinski definition) is 11. The third-order valence-electron chi connectivity index (χ3n) is 15.4. The third kappa shape index (κ3) is 17.2. The van der Waals surface area contributed by atoms with Crippen molar-refractivity contribution in [1.29, 1.82) is 0 Å². The lowest BCUT2D eigenvalue weighted by Crippen LogP contribution is -2.66. The Kier molecular flexibility index (Phi) is 22.7. The van der Waals surface area contributed by atoms with Gasteiger partial charge in [-0.2, -0.15) is 5.01 Å². The van der Waals surface area contributed by atoms with E-state index in [1.807, 2.05) is 24.7 Å². The van der Waals surface area contributed by atoms with E-state index in [9.17, 15) is 71.4 Å². The molecule has 5 aromatic carbocycles. The number of carbonyl (C=O) groups is 4. The normalized spacial score (nSPS) is 16.9. The Morgan fingerprint density at radius 3 is 2.07 bits per heavy atom. The second-order valence-electron chi connectivity index (χ2n) is 22.6. The molecule has 4 amide bonds. The van der Waals surface area contributed by atoms with Gasteiger partial charge in [0, 0.05) is 58.0 Å². The third-order valence-corrected chi connectivity index (χ3v) is 18.2. The van der Waals surface area contributed by atoms with Crippen LogP contribution in [0.2, 0.25) is 20.1 Å². The van der Waals surface area contributed by atoms with Crippen LogP contribution in [0.25, 0.3) is 49.5 Å². The summed E-state index contributed by atoms with van der Waals surface area (Å²) in [5, 5.41) is 43.2. The first-order valence-corrected chi connectivity index (χ1v) is 33.4. The van der Waals surface area contributed by atoms with Crippen LogP contribution in [-0.4, -0.2) is 121 Å². The van der Waals surface area contributed by atoms with Gasteiger partial charge in [0.15, 0.2) is 6.61 Å². The molecule has 518 valence electrons. The summed E-state index contributed by atoms with van der Waals surface area (Å²) < 4.78 is 30.5. The van der Waals surface area contributed by atoms with Gasteiger partial charge in [-0.25, -0.2) is 18.0 Å². The highest BCUT2D eigenvalue weighted by Gasteiger charge is 2.47. The van der Waals surface area contributed by atoms with E-state index in [0.29, 0.717) is 100 Å². The van der Waals surface area contributed by atoms with Crippen LogP contribution in [-0.2, 0) is 37.4 Å². The number of imide groups is 1. The van der Waals surface area contributed by atoms with Crippen molar-refractivity contribution in [2.24, 2.45) is 11.7 Å². The Hall–Kier alpha value is -9.70. The molecule has 12 N–H and O–H groups in total. The van der Waals surface area contributed by atoms with Crippen molar-refractivity contribution >= 4 is 159 Å². The highest BCUT2D eigenvalue weighted by Crippen LogP contribution is 2.36. The molecule has 0 bridgehead atoms. The topological polar surface area (TPSA) is 455 Å². The molecule has 37 heteroatoms. The fourth-order valence-corrected chi connectivity index (χ4v) is 12.9. The minimum absolute atomic E-state index is 0.0719. The smallest absolute Gasteiger partial charge is 0.341 e. The number of nitrogens with zero attached hydrogens (tertiary/aromatic N) is 5. The molecular weight excluding hydrogens is 1440 g/mol. The maximum absolute atomic E-state index is 12.9. The lowest BCUT2D eigenvalue weighted by molar-refractivity contribution is -0.139. The quantitative estimate of drug-likeness (QED) is 0.0573. The Balaban J connectivity index is 0.000000151. The van der Waals surface area contributed by atoms with E-state index in [0.717, 1.165) is 35.1 Å². The number of amides is 4.